The Morgan fingerprint density at radius 2 is 1.88 bits per heavy atom. The molecule has 0 radical (unpaired) electrons. The van der Waals surface area contributed by atoms with Gasteiger partial charge in [0.05, 0.1) is 0 Å². The van der Waals surface area contributed by atoms with E-state index < -0.39 is 12.0 Å². The van der Waals surface area contributed by atoms with Gasteiger partial charge in [0, 0.05) is 0 Å². The normalized spacial score (nSPS) is 10.9. The number of aliphatic carboxylic acids is 1. The van der Waals surface area contributed by atoms with Gasteiger partial charge in [-0.15, -0.1) is 24.8 Å². The van der Waals surface area contributed by atoms with Crippen LogP contribution in [-0.2, 0) is 11.2 Å². The number of carbonyl (C=O) groups is 1. The zero-order chi connectivity index (χ0) is 11.4. The molecule has 0 saturated heterocycles. The van der Waals surface area contributed by atoms with Crippen LogP contribution in [0, 0.1) is 0 Å². The summed E-state index contributed by atoms with van der Waals surface area (Å²) in [6.07, 6.45) is 0.250. The Morgan fingerprint density at radius 3 is 2.29 bits per heavy atom. The lowest BCUT2D eigenvalue weighted by Crippen LogP contribution is -2.35. The van der Waals surface area contributed by atoms with Gasteiger partial charge < -0.3 is 20.6 Å². The van der Waals surface area contributed by atoms with Crippen LogP contribution in [0.5, 0.6) is 11.5 Å². The van der Waals surface area contributed by atoms with Crippen molar-refractivity contribution < 1.29 is 20.1 Å². The fraction of sp³-hybridized carbons (Fsp3) is 0.300. The molecular weight excluding hydrogens is 269 g/mol. The minimum absolute atomic E-state index is 0. The molecule has 98 valence electrons. The highest BCUT2D eigenvalue weighted by atomic mass is 35.5. The second-order valence-corrected chi connectivity index (χ2v) is 3.21. The topological polar surface area (TPSA) is 89.8 Å². The standard InChI is InChI=1S/C10H13NO4.2ClH/c1-11-7(10(14)15)4-6-2-3-8(12)9(13)5-6;;/h2-3,5,7,11-13H,4H2,1H3,(H,14,15);2*1H/t7-;;/m0../s1. The van der Waals surface area contributed by atoms with Gasteiger partial charge in [0.2, 0.25) is 0 Å². The maximum Gasteiger partial charge on any atom is 0.321 e. The fourth-order valence-corrected chi connectivity index (χ4v) is 1.24. The highest BCUT2D eigenvalue weighted by Crippen LogP contribution is 2.25. The van der Waals surface area contributed by atoms with Crippen molar-refractivity contribution >= 4 is 30.8 Å². The number of carboxylic acids is 1. The molecule has 0 amide bonds. The first kappa shape index (κ1) is 18.2. The third kappa shape index (κ3) is 5.12. The summed E-state index contributed by atoms with van der Waals surface area (Å²) in [6, 6.07) is 3.55. The summed E-state index contributed by atoms with van der Waals surface area (Å²) in [5.41, 5.74) is 0.645. The molecule has 0 aromatic heterocycles. The van der Waals surface area contributed by atoms with Gasteiger partial charge in [-0.05, 0) is 31.2 Å². The van der Waals surface area contributed by atoms with Crippen LogP contribution in [0.2, 0.25) is 0 Å². The third-order valence-electron chi connectivity index (χ3n) is 2.13. The summed E-state index contributed by atoms with van der Waals surface area (Å²) >= 11 is 0. The first-order valence-electron chi connectivity index (χ1n) is 4.45. The SMILES string of the molecule is CN[C@@H](Cc1ccc(O)c(O)c1)C(=O)O.Cl.Cl. The van der Waals surface area contributed by atoms with Gasteiger partial charge in [-0.1, -0.05) is 6.07 Å². The van der Waals surface area contributed by atoms with Gasteiger partial charge in [-0.2, -0.15) is 0 Å². The maximum atomic E-state index is 10.7. The highest BCUT2D eigenvalue weighted by molar-refractivity contribution is 5.85. The van der Waals surface area contributed by atoms with Crippen LogP contribution in [-0.4, -0.2) is 34.4 Å². The number of phenols is 2. The van der Waals surface area contributed by atoms with Gasteiger partial charge >= 0.3 is 5.97 Å². The van der Waals surface area contributed by atoms with Crippen molar-refractivity contribution in [2.45, 2.75) is 12.5 Å². The molecule has 0 unspecified atom stereocenters. The molecule has 1 atom stereocenters. The number of carboxylic acid groups (broad SMARTS) is 1. The molecule has 0 spiro atoms. The lowest BCUT2D eigenvalue weighted by atomic mass is 10.1. The number of phenolic OH excluding ortho intramolecular Hbond substituents is 2. The molecule has 0 saturated carbocycles. The number of rotatable bonds is 4. The van der Waals surface area contributed by atoms with Crippen LogP contribution in [0.25, 0.3) is 0 Å². The zero-order valence-electron chi connectivity index (χ0n) is 9.08. The molecule has 0 fully saturated rings. The van der Waals surface area contributed by atoms with E-state index in [9.17, 15) is 9.90 Å². The number of hydrogen-bond donors (Lipinski definition) is 4. The molecule has 0 aliphatic heterocycles. The second-order valence-electron chi connectivity index (χ2n) is 3.21. The predicted octanol–water partition coefficient (Wildman–Crippen LogP) is 1.16. The average Bonchev–Trinajstić information content (AvgIpc) is 2.19. The van der Waals surface area contributed by atoms with Crippen LogP contribution < -0.4 is 5.32 Å². The minimum Gasteiger partial charge on any atom is -0.504 e. The maximum absolute atomic E-state index is 10.7. The quantitative estimate of drug-likeness (QED) is 0.623. The summed E-state index contributed by atoms with van der Waals surface area (Å²) in [4.78, 5) is 10.7. The lowest BCUT2D eigenvalue weighted by Gasteiger charge is -2.11. The van der Waals surface area contributed by atoms with Gasteiger partial charge in [-0.3, -0.25) is 4.79 Å². The van der Waals surface area contributed by atoms with E-state index in [1.165, 1.54) is 12.1 Å². The highest BCUT2D eigenvalue weighted by Gasteiger charge is 2.15. The van der Waals surface area contributed by atoms with Crippen LogP contribution in [0.15, 0.2) is 18.2 Å². The Balaban J connectivity index is 0. The molecule has 5 nitrogen and oxygen atoms in total. The number of benzene rings is 1. The van der Waals surface area contributed by atoms with Crippen molar-refractivity contribution in [3.63, 3.8) is 0 Å². The van der Waals surface area contributed by atoms with Gasteiger partial charge in [0.15, 0.2) is 11.5 Å². The van der Waals surface area contributed by atoms with Crippen molar-refractivity contribution in [2.24, 2.45) is 0 Å². The van der Waals surface area contributed by atoms with Gasteiger partial charge in [0.1, 0.15) is 6.04 Å². The Kier molecular flexibility index (Phi) is 8.57. The Hall–Kier alpha value is -1.17. The lowest BCUT2D eigenvalue weighted by molar-refractivity contribution is -0.139. The molecule has 4 N–H and O–H groups in total. The average molecular weight is 284 g/mol. The summed E-state index contributed by atoms with van der Waals surface area (Å²) in [5.74, 6) is -1.41. The van der Waals surface area contributed by atoms with Crippen molar-refractivity contribution in [2.75, 3.05) is 7.05 Å². The van der Waals surface area contributed by atoms with Crippen molar-refractivity contribution in [1.82, 2.24) is 5.32 Å². The first-order chi connectivity index (χ1) is 7.04. The van der Waals surface area contributed by atoms with E-state index in [1.807, 2.05) is 0 Å². The van der Waals surface area contributed by atoms with E-state index in [-0.39, 0.29) is 42.7 Å². The molecular formula is C10H15Cl2NO4. The van der Waals surface area contributed by atoms with Crippen LogP contribution in [0.1, 0.15) is 5.56 Å². The van der Waals surface area contributed by atoms with Crippen molar-refractivity contribution in [1.29, 1.82) is 0 Å². The fourth-order valence-electron chi connectivity index (χ4n) is 1.24. The molecule has 1 aromatic carbocycles. The first-order valence-corrected chi connectivity index (χ1v) is 4.45. The van der Waals surface area contributed by atoms with Crippen LogP contribution in [0.3, 0.4) is 0 Å². The summed E-state index contributed by atoms with van der Waals surface area (Å²) in [5, 5.41) is 29.7. The number of likely N-dealkylation sites (N-methyl/N-ethyl adjacent to an activating group) is 1. The Bertz CT molecular complexity index is 373. The predicted molar refractivity (Wildman–Crippen MR) is 68.5 cm³/mol. The molecule has 17 heavy (non-hydrogen) atoms. The number of aromatic hydroxyl groups is 2. The number of halogens is 2. The van der Waals surface area contributed by atoms with Crippen molar-refractivity contribution in [3.05, 3.63) is 23.8 Å². The Labute approximate surface area is 111 Å². The third-order valence-corrected chi connectivity index (χ3v) is 2.13. The zero-order valence-corrected chi connectivity index (χ0v) is 10.7. The van der Waals surface area contributed by atoms with Crippen LogP contribution >= 0.6 is 24.8 Å². The van der Waals surface area contributed by atoms with E-state index in [1.54, 1.807) is 13.1 Å². The molecule has 1 aromatic rings. The number of hydrogen-bond acceptors (Lipinski definition) is 4. The van der Waals surface area contributed by atoms with Gasteiger partial charge in [-0.25, -0.2) is 0 Å². The van der Waals surface area contributed by atoms with Gasteiger partial charge in [0.25, 0.3) is 0 Å². The molecule has 1 rings (SSSR count). The summed E-state index contributed by atoms with van der Waals surface area (Å²) in [7, 11) is 1.55. The Morgan fingerprint density at radius 1 is 1.29 bits per heavy atom. The van der Waals surface area contributed by atoms with E-state index in [0.717, 1.165) is 0 Å². The largest absolute Gasteiger partial charge is 0.504 e. The van der Waals surface area contributed by atoms with Crippen molar-refractivity contribution in [3.8, 4) is 11.5 Å². The smallest absolute Gasteiger partial charge is 0.321 e. The second kappa shape index (κ2) is 8.00. The van der Waals surface area contributed by atoms with E-state index in [2.05, 4.69) is 5.32 Å². The molecule has 0 aliphatic carbocycles. The molecule has 0 aliphatic rings. The minimum atomic E-state index is -0.954. The van der Waals surface area contributed by atoms with Crippen LogP contribution in [0.4, 0.5) is 0 Å². The van der Waals surface area contributed by atoms with E-state index >= 15 is 0 Å². The summed E-state index contributed by atoms with van der Waals surface area (Å²) in [6.45, 7) is 0. The monoisotopic (exact) mass is 283 g/mol. The summed E-state index contributed by atoms with van der Waals surface area (Å²) < 4.78 is 0. The molecule has 0 bridgehead atoms. The molecule has 7 heteroatoms. The molecule has 0 heterocycles. The van der Waals surface area contributed by atoms with E-state index in [4.69, 9.17) is 10.2 Å². The van der Waals surface area contributed by atoms with E-state index in [0.29, 0.717) is 5.56 Å². The number of nitrogens with one attached hydrogen (secondary N) is 1.